The molecule has 0 spiro atoms. The summed E-state index contributed by atoms with van der Waals surface area (Å²) in [6.07, 6.45) is 2.08. The van der Waals surface area contributed by atoms with Gasteiger partial charge in [-0.25, -0.2) is 12.8 Å². The topological polar surface area (TPSA) is 65.0 Å². The largest absolute Gasteiger partial charge is 0.357 e. The number of likely N-dealkylation sites (tertiary alicyclic amines) is 1. The molecule has 0 saturated carbocycles. The van der Waals surface area contributed by atoms with Crippen molar-refractivity contribution in [1.29, 1.82) is 0 Å². The van der Waals surface area contributed by atoms with Crippen molar-refractivity contribution in [2.75, 3.05) is 45.0 Å². The number of nitrogens with zero attached hydrogens (tertiary/aromatic N) is 3. The number of aliphatic imine (C=N–C) groups is 1. The molecule has 1 aromatic rings. The summed E-state index contributed by atoms with van der Waals surface area (Å²) in [6, 6.07) is 6.99. The molecule has 30 heavy (non-hydrogen) atoms. The second-order valence-electron chi connectivity index (χ2n) is 9.01. The van der Waals surface area contributed by atoms with Gasteiger partial charge in [-0.1, -0.05) is 18.2 Å². The van der Waals surface area contributed by atoms with Gasteiger partial charge in [0.1, 0.15) is 5.82 Å². The Balaban J connectivity index is 1.54. The Morgan fingerprint density at radius 3 is 2.57 bits per heavy atom. The van der Waals surface area contributed by atoms with Crippen LogP contribution in [0.1, 0.15) is 39.2 Å². The molecule has 3 rings (SSSR count). The number of benzene rings is 1. The summed E-state index contributed by atoms with van der Waals surface area (Å²) in [5, 5.41) is 3.33. The standard InChI is InChI=1S/C22H35FN4O2S/c1-4-24-21(27-13-14-30(28,29)22(2,3)17-27)25-15-18-9-11-26(12-10-18)16-19-7-5-6-8-20(19)23/h5-8,18H,4,9-17H2,1-3H3,(H,24,25). The lowest BCUT2D eigenvalue weighted by atomic mass is 9.96. The van der Waals surface area contributed by atoms with Crippen LogP contribution in [0.3, 0.4) is 0 Å². The van der Waals surface area contributed by atoms with Gasteiger partial charge in [-0.05, 0) is 58.7 Å². The molecule has 2 saturated heterocycles. The van der Waals surface area contributed by atoms with Crippen LogP contribution in [-0.2, 0) is 16.4 Å². The maximum absolute atomic E-state index is 13.9. The lowest BCUT2D eigenvalue weighted by molar-refractivity contribution is 0.178. The van der Waals surface area contributed by atoms with Gasteiger partial charge in [0, 0.05) is 38.3 Å². The van der Waals surface area contributed by atoms with Crippen LogP contribution in [0.25, 0.3) is 0 Å². The number of halogens is 1. The zero-order valence-corrected chi connectivity index (χ0v) is 19.2. The van der Waals surface area contributed by atoms with Crippen molar-refractivity contribution in [3.8, 4) is 0 Å². The second kappa shape index (κ2) is 9.64. The molecular formula is C22H35FN4O2S. The predicted molar refractivity (Wildman–Crippen MR) is 120 cm³/mol. The molecule has 0 aromatic heterocycles. The third-order valence-corrected chi connectivity index (χ3v) is 8.77. The fraction of sp³-hybridized carbons (Fsp3) is 0.682. The van der Waals surface area contributed by atoms with Gasteiger partial charge in [-0.15, -0.1) is 0 Å². The molecule has 2 fully saturated rings. The van der Waals surface area contributed by atoms with Crippen molar-refractivity contribution < 1.29 is 12.8 Å². The third kappa shape index (κ3) is 5.52. The minimum Gasteiger partial charge on any atom is -0.357 e. The van der Waals surface area contributed by atoms with Crippen molar-refractivity contribution in [2.45, 2.75) is 44.9 Å². The molecule has 1 N–H and O–H groups in total. The molecule has 2 aliphatic heterocycles. The second-order valence-corrected chi connectivity index (χ2v) is 11.7. The number of nitrogens with one attached hydrogen (secondary N) is 1. The smallest absolute Gasteiger partial charge is 0.194 e. The number of rotatable bonds is 5. The minimum atomic E-state index is -3.07. The van der Waals surface area contributed by atoms with Crippen LogP contribution in [-0.4, -0.2) is 73.9 Å². The van der Waals surface area contributed by atoms with Gasteiger partial charge in [0.15, 0.2) is 15.8 Å². The number of hydrogen-bond donors (Lipinski definition) is 1. The van der Waals surface area contributed by atoms with E-state index in [-0.39, 0.29) is 11.6 Å². The fourth-order valence-corrected chi connectivity index (χ4v) is 5.53. The van der Waals surface area contributed by atoms with E-state index in [4.69, 9.17) is 4.99 Å². The van der Waals surface area contributed by atoms with Crippen LogP contribution >= 0.6 is 0 Å². The first-order valence-corrected chi connectivity index (χ1v) is 12.6. The average Bonchev–Trinajstić information content (AvgIpc) is 2.70. The average molecular weight is 439 g/mol. The highest BCUT2D eigenvalue weighted by Crippen LogP contribution is 2.24. The summed E-state index contributed by atoms with van der Waals surface area (Å²) >= 11 is 0. The van der Waals surface area contributed by atoms with E-state index in [1.807, 2.05) is 19.1 Å². The minimum absolute atomic E-state index is 0.133. The first-order chi connectivity index (χ1) is 14.2. The van der Waals surface area contributed by atoms with Crippen LogP contribution in [0.5, 0.6) is 0 Å². The molecule has 2 heterocycles. The summed E-state index contributed by atoms with van der Waals surface area (Å²) in [5.41, 5.74) is 0.756. The van der Waals surface area contributed by atoms with E-state index in [9.17, 15) is 12.8 Å². The van der Waals surface area contributed by atoms with Crippen LogP contribution in [0, 0.1) is 11.7 Å². The highest BCUT2D eigenvalue weighted by atomic mass is 32.2. The fourth-order valence-electron chi connectivity index (χ4n) is 4.16. The molecule has 0 bridgehead atoms. The first kappa shape index (κ1) is 23.0. The highest BCUT2D eigenvalue weighted by Gasteiger charge is 2.41. The van der Waals surface area contributed by atoms with E-state index in [0.717, 1.165) is 50.5 Å². The Labute approximate surface area is 180 Å². The summed E-state index contributed by atoms with van der Waals surface area (Å²) < 4.78 is 37.7. The normalized spacial score (nSPS) is 22.8. The quantitative estimate of drug-likeness (QED) is 0.565. The first-order valence-electron chi connectivity index (χ1n) is 10.9. The van der Waals surface area contributed by atoms with E-state index in [1.54, 1.807) is 19.9 Å². The number of guanidine groups is 1. The van der Waals surface area contributed by atoms with Crippen LogP contribution in [0.15, 0.2) is 29.3 Å². The summed E-state index contributed by atoms with van der Waals surface area (Å²) in [6.45, 7) is 10.6. The number of hydrogen-bond acceptors (Lipinski definition) is 4. The molecule has 168 valence electrons. The monoisotopic (exact) mass is 438 g/mol. The molecule has 6 nitrogen and oxygen atoms in total. The zero-order valence-electron chi connectivity index (χ0n) is 18.4. The Hall–Kier alpha value is -1.67. The molecule has 8 heteroatoms. The van der Waals surface area contributed by atoms with Crippen LogP contribution < -0.4 is 5.32 Å². The molecule has 0 radical (unpaired) electrons. The summed E-state index contributed by atoms with van der Waals surface area (Å²) in [7, 11) is -3.07. The number of piperidine rings is 1. The molecule has 2 aliphatic rings. The third-order valence-electron chi connectivity index (χ3n) is 6.24. The van der Waals surface area contributed by atoms with E-state index >= 15 is 0 Å². The van der Waals surface area contributed by atoms with E-state index in [1.165, 1.54) is 6.07 Å². The predicted octanol–water partition coefficient (Wildman–Crippen LogP) is 2.51. The van der Waals surface area contributed by atoms with Gasteiger partial charge >= 0.3 is 0 Å². The van der Waals surface area contributed by atoms with E-state index in [2.05, 4.69) is 15.1 Å². The van der Waals surface area contributed by atoms with Crippen molar-refractivity contribution >= 4 is 15.8 Å². The Kier molecular flexibility index (Phi) is 7.39. The van der Waals surface area contributed by atoms with Gasteiger partial charge < -0.3 is 10.2 Å². The summed E-state index contributed by atoms with van der Waals surface area (Å²) in [4.78, 5) is 9.24. The van der Waals surface area contributed by atoms with Crippen molar-refractivity contribution in [2.24, 2.45) is 10.9 Å². The molecule has 0 unspecified atom stereocenters. The molecule has 0 amide bonds. The van der Waals surface area contributed by atoms with E-state index < -0.39 is 14.6 Å². The van der Waals surface area contributed by atoms with Gasteiger partial charge in [0.05, 0.1) is 10.5 Å². The summed E-state index contributed by atoms with van der Waals surface area (Å²) in [5.74, 6) is 1.34. The van der Waals surface area contributed by atoms with Gasteiger partial charge in [-0.2, -0.15) is 0 Å². The van der Waals surface area contributed by atoms with Crippen molar-refractivity contribution in [3.63, 3.8) is 0 Å². The maximum Gasteiger partial charge on any atom is 0.194 e. The Bertz CT molecular complexity index is 848. The zero-order chi connectivity index (χ0) is 21.8. The van der Waals surface area contributed by atoms with Crippen molar-refractivity contribution in [1.82, 2.24) is 15.1 Å². The highest BCUT2D eigenvalue weighted by molar-refractivity contribution is 7.92. The van der Waals surface area contributed by atoms with Gasteiger partial charge in [-0.3, -0.25) is 9.89 Å². The lowest BCUT2D eigenvalue weighted by Crippen LogP contribution is -2.57. The molecule has 0 atom stereocenters. The SMILES string of the molecule is CCNC(=NCC1CCN(Cc2ccccc2F)CC1)N1CCS(=O)(=O)C(C)(C)C1. The lowest BCUT2D eigenvalue weighted by Gasteiger charge is -2.39. The van der Waals surface area contributed by atoms with Crippen LogP contribution in [0.4, 0.5) is 4.39 Å². The van der Waals surface area contributed by atoms with Crippen molar-refractivity contribution in [3.05, 3.63) is 35.6 Å². The maximum atomic E-state index is 13.9. The molecule has 0 aliphatic carbocycles. The Morgan fingerprint density at radius 1 is 1.23 bits per heavy atom. The number of sulfone groups is 1. The Morgan fingerprint density at radius 2 is 1.93 bits per heavy atom. The molecular weight excluding hydrogens is 403 g/mol. The van der Waals surface area contributed by atoms with Gasteiger partial charge in [0.25, 0.3) is 0 Å². The van der Waals surface area contributed by atoms with Gasteiger partial charge in [0.2, 0.25) is 0 Å². The van der Waals surface area contributed by atoms with E-state index in [0.29, 0.717) is 25.6 Å². The van der Waals surface area contributed by atoms with Crippen LogP contribution in [0.2, 0.25) is 0 Å². The molecule has 1 aromatic carbocycles.